The van der Waals surface area contributed by atoms with E-state index in [0.29, 0.717) is 16.4 Å². The fourth-order valence-electron chi connectivity index (χ4n) is 2.65. The largest absolute Gasteiger partial charge is 0.349 e. The zero-order chi connectivity index (χ0) is 20.1. The monoisotopic (exact) mass is 408 g/mol. The first-order valence-corrected chi connectivity index (χ1v) is 9.45. The predicted molar refractivity (Wildman–Crippen MR) is 108 cm³/mol. The highest BCUT2D eigenvalue weighted by Gasteiger charge is 2.41. The molecular weight excluding hydrogens is 396 g/mol. The van der Waals surface area contributed by atoms with Gasteiger partial charge in [0.05, 0.1) is 16.0 Å². The topological polar surface area (TPSA) is 97.0 Å². The first-order chi connectivity index (χ1) is 13.5. The number of amides is 2. The molecule has 1 saturated heterocycles. The number of carbonyl (C=O) groups is 2. The third kappa shape index (κ3) is 4.01. The highest BCUT2D eigenvalue weighted by molar-refractivity contribution is 8.04. The van der Waals surface area contributed by atoms with Gasteiger partial charge in [0.15, 0.2) is 5.57 Å². The molecule has 3 rings (SSSR count). The summed E-state index contributed by atoms with van der Waals surface area (Å²) in [6.45, 7) is 0. The van der Waals surface area contributed by atoms with E-state index < -0.39 is 11.2 Å². The van der Waals surface area contributed by atoms with Gasteiger partial charge in [0, 0.05) is 12.1 Å². The molecule has 28 heavy (non-hydrogen) atoms. The van der Waals surface area contributed by atoms with E-state index in [1.807, 2.05) is 18.2 Å². The molecule has 0 saturated carbocycles. The molecular formula is C20H13ClN4O2S. The molecule has 0 aliphatic carbocycles. The second-order valence-electron chi connectivity index (χ2n) is 5.75. The molecule has 2 aromatic carbocycles. The fourth-order valence-corrected chi connectivity index (χ4v) is 3.98. The average Bonchev–Trinajstić information content (AvgIpc) is 2.97. The zero-order valence-corrected chi connectivity index (χ0v) is 16.0. The minimum Gasteiger partial charge on any atom is -0.349 e. The van der Waals surface area contributed by atoms with Crippen molar-refractivity contribution < 1.29 is 9.59 Å². The molecule has 0 bridgehead atoms. The van der Waals surface area contributed by atoms with Crippen LogP contribution in [0.5, 0.6) is 0 Å². The number of nitrogens with zero attached hydrogens (tertiary/aromatic N) is 3. The van der Waals surface area contributed by atoms with E-state index in [1.165, 1.54) is 0 Å². The van der Waals surface area contributed by atoms with Crippen molar-refractivity contribution in [3.63, 3.8) is 0 Å². The van der Waals surface area contributed by atoms with Crippen LogP contribution in [-0.2, 0) is 9.59 Å². The Morgan fingerprint density at radius 2 is 1.71 bits per heavy atom. The van der Waals surface area contributed by atoms with Crippen LogP contribution in [0.2, 0.25) is 5.02 Å². The fraction of sp³-hybridized carbons (Fsp3) is 0.100. The molecule has 1 atom stereocenters. The van der Waals surface area contributed by atoms with Crippen molar-refractivity contribution in [2.24, 2.45) is 0 Å². The van der Waals surface area contributed by atoms with Crippen molar-refractivity contribution in [2.75, 3.05) is 10.2 Å². The number of imide groups is 1. The molecule has 2 amide bonds. The van der Waals surface area contributed by atoms with Gasteiger partial charge in [0.2, 0.25) is 11.8 Å². The summed E-state index contributed by atoms with van der Waals surface area (Å²) >= 11 is 7.12. The average molecular weight is 409 g/mol. The van der Waals surface area contributed by atoms with Gasteiger partial charge in [0.1, 0.15) is 17.2 Å². The molecule has 1 N–H and O–H groups in total. The van der Waals surface area contributed by atoms with E-state index >= 15 is 0 Å². The number of nitrogens with one attached hydrogen (secondary N) is 1. The number of carbonyl (C=O) groups excluding carboxylic acids is 2. The minimum atomic E-state index is -0.772. The van der Waals surface area contributed by atoms with Crippen LogP contribution in [0.15, 0.2) is 65.2 Å². The maximum absolute atomic E-state index is 12.9. The molecule has 1 aliphatic heterocycles. The third-order valence-corrected chi connectivity index (χ3v) is 5.46. The van der Waals surface area contributed by atoms with E-state index in [0.717, 1.165) is 16.7 Å². The Hall–Kier alpha value is -3.26. The number of halogens is 1. The molecule has 1 fully saturated rings. The number of para-hydroxylation sites is 2. The Kier molecular flexibility index (Phi) is 6.00. The zero-order valence-electron chi connectivity index (χ0n) is 14.4. The summed E-state index contributed by atoms with van der Waals surface area (Å²) in [5.74, 6) is -0.823. The van der Waals surface area contributed by atoms with Gasteiger partial charge in [-0.15, -0.1) is 0 Å². The van der Waals surface area contributed by atoms with Crippen molar-refractivity contribution in [1.82, 2.24) is 0 Å². The number of hydrogen-bond donors (Lipinski definition) is 1. The second-order valence-corrected chi connectivity index (χ2v) is 7.37. The molecule has 0 aromatic heterocycles. The van der Waals surface area contributed by atoms with E-state index in [9.17, 15) is 20.1 Å². The van der Waals surface area contributed by atoms with Gasteiger partial charge < -0.3 is 5.32 Å². The summed E-state index contributed by atoms with van der Waals surface area (Å²) < 4.78 is 0. The molecule has 0 spiro atoms. The molecule has 6 nitrogen and oxygen atoms in total. The van der Waals surface area contributed by atoms with Gasteiger partial charge in [-0.1, -0.05) is 53.7 Å². The van der Waals surface area contributed by atoms with E-state index in [-0.39, 0.29) is 22.9 Å². The lowest BCUT2D eigenvalue weighted by Crippen LogP contribution is -2.31. The number of benzene rings is 2. The van der Waals surface area contributed by atoms with E-state index in [1.54, 1.807) is 48.5 Å². The van der Waals surface area contributed by atoms with Crippen LogP contribution in [0.4, 0.5) is 11.4 Å². The Bertz CT molecular complexity index is 1020. The third-order valence-electron chi connectivity index (χ3n) is 3.94. The summed E-state index contributed by atoms with van der Waals surface area (Å²) in [7, 11) is 0. The van der Waals surface area contributed by atoms with Crippen LogP contribution in [0.1, 0.15) is 6.42 Å². The van der Waals surface area contributed by atoms with Gasteiger partial charge in [-0.2, -0.15) is 10.5 Å². The summed E-state index contributed by atoms with van der Waals surface area (Å²) in [6.07, 6.45) is -0.0567. The SMILES string of the molecule is N#CC(C#N)=C(Nc1ccccc1)S[C@@H]1CC(=O)N(c2ccccc2Cl)C1=O. The minimum absolute atomic E-state index is 0.0567. The number of nitriles is 2. The summed E-state index contributed by atoms with van der Waals surface area (Å²) in [6, 6.07) is 19.2. The normalized spacial score (nSPS) is 15.7. The molecule has 1 heterocycles. The Morgan fingerprint density at radius 1 is 1.07 bits per heavy atom. The first-order valence-electron chi connectivity index (χ1n) is 8.19. The van der Waals surface area contributed by atoms with Gasteiger partial charge >= 0.3 is 0 Å². The first kappa shape index (κ1) is 19.5. The summed E-state index contributed by atoms with van der Waals surface area (Å²) in [4.78, 5) is 26.4. The van der Waals surface area contributed by atoms with Crippen LogP contribution in [-0.4, -0.2) is 17.1 Å². The molecule has 1 aliphatic rings. The van der Waals surface area contributed by atoms with Crippen molar-refractivity contribution in [3.05, 3.63) is 70.2 Å². The predicted octanol–water partition coefficient (Wildman–Crippen LogP) is 4.08. The lowest BCUT2D eigenvalue weighted by atomic mass is 10.3. The van der Waals surface area contributed by atoms with Crippen molar-refractivity contribution in [1.29, 1.82) is 10.5 Å². The number of anilines is 2. The maximum atomic E-state index is 12.9. The smallest absolute Gasteiger partial charge is 0.247 e. The van der Waals surface area contributed by atoms with Crippen LogP contribution < -0.4 is 10.2 Å². The highest BCUT2D eigenvalue weighted by Crippen LogP contribution is 2.37. The van der Waals surface area contributed by atoms with Crippen LogP contribution in [0.25, 0.3) is 0 Å². The van der Waals surface area contributed by atoms with Crippen molar-refractivity contribution >= 4 is 46.6 Å². The van der Waals surface area contributed by atoms with Gasteiger partial charge in [-0.3, -0.25) is 9.59 Å². The van der Waals surface area contributed by atoms with E-state index in [2.05, 4.69) is 5.32 Å². The number of hydrogen-bond acceptors (Lipinski definition) is 6. The summed E-state index contributed by atoms with van der Waals surface area (Å²) in [5.41, 5.74) is 0.822. The number of allylic oxidation sites excluding steroid dienone is 1. The Morgan fingerprint density at radius 3 is 2.36 bits per heavy atom. The quantitative estimate of drug-likeness (QED) is 0.591. The van der Waals surface area contributed by atoms with Crippen LogP contribution >= 0.6 is 23.4 Å². The standard InChI is InChI=1S/C20H13ClN4O2S/c21-15-8-4-5-9-16(15)25-18(26)10-17(20(25)27)28-19(13(11-22)12-23)24-14-6-2-1-3-7-14/h1-9,17,24H,10H2/t17-/m1/s1. The highest BCUT2D eigenvalue weighted by atomic mass is 35.5. The van der Waals surface area contributed by atoms with Gasteiger partial charge in [-0.25, -0.2) is 4.90 Å². The number of thioether (sulfide) groups is 1. The van der Waals surface area contributed by atoms with Crippen LogP contribution in [0.3, 0.4) is 0 Å². The van der Waals surface area contributed by atoms with E-state index in [4.69, 9.17) is 11.6 Å². The maximum Gasteiger partial charge on any atom is 0.247 e. The lowest BCUT2D eigenvalue weighted by molar-refractivity contribution is -0.121. The molecule has 2 aromatic rings. The second kappa shape index (κ2) is 8.62. The Balaban J connectivity index is 1.88. The summed E-state index contributed by atoms with van der Waals surface area (Å²) in [5, 5.41) is 21.3. The lowest BCUT2D eigenvalue weighted by Gasteiger charge is -2.17. The number of rotatable bonds is 5. The Labute approximate surface area is 171 Å². The molecule has 0 unspecified atom stereocenters. The molecule has 138 valence electrons. The van der Waals surface area contributed by atoms with Crippen molar-refractivity contribution in [2.45, 2.75) is 11.7 Å². The van der Waals surface area contributed by atoms with Crippen molar-refractivity contribution in [3.8, 4) is 12.1 Å². The van der Waals surface area contributed by atoms with Gasteiger partial charge in [-0.05, 0) is 24.3 Å². The van der Waals surface area contributed by atoms with Crippen LogP contribution in [0, 0.1) is 22.7 Å². The van der Waals surface area contributed by atoms with Gasteiger partial charge in [0.25, 0.3) is 0 Å². The molecule has 0 radical (unpaired) electrons. The molecule has 8 heteroatoms.